The van der Waals surface area contributed by atoms with Crippen LogP contribution >= 0.6 is 34.5 Å². The Morgan fingerprint density at radius 2 is 1.85 bits per heavy atom. The molecule has 6 nitrogen and oxygen atoms in total. The van der Waals surface area contributed by atoms with Gasteiger partial charge in [0.1, 0.15) is 11.5 Å². The van der Waals surface area contributed by atoms with Crippen LogP contribution in [0.5, 0.6) is 0 Å². The van der Waals surface area contributed by atoms with E-state index in [1.165, 1.54) is 16.9 Å². The number of fused-ring (bicyclic) bond motifs is 1. The molecule has 1 aliphatic rings. The summed E-state index contributed by atoms with van der Waals surface area (Å²) in [5, 5.41) is 0.887. The van der Waals surface area contributed by atoms with Crippen molar-refractivity contribution >= 4 is 46.6 Å². The van der Waals surface area contributed by atoms with Crippen LogP contribution in [-0.4, -0.2) is 17.1 Å². The molecule has 0 bridgehead atoms. The summed E-state index contributed by atoms with van der Waals surface area (Å²) in [5.74, 6) is 1.00. The first kappa shape index (κ1) is 29.1. The van der Waals surface area contributed by atoms with Gasteiger partial charge >= 0.3 is 5.97 Å². The molecule has 1 aliphatic heterocycles. The molecular formula is C32H30Cl2N2O4S. The molecule has 0 amide bonds. The smallest absolute Gasteiger partial charge is 0.338 e. The van der Waals surface area contributed by atoms with E-state index in [9.17, 15) is 9.59 Å². The number of furan rings is 1. The van der Waals surface area contributed by atoms with Gasteiger partial charge in [0.15, 0.2) is 4.80 Å². The number of nitrogens with zero attached hydrogens (tertiary/aromatic N) is 2. The van der Waals surface area contributed by atoms with Gasteiger partial charge < -0.3 is 9.15 Å². The van der Waals surface area contributed by atoms with Gasteiger partial charge in [0.05, 0.1) is 38.5 Å². The van der Waals surface area contributed by atoms with Gasteiger partial charge in [-0.1, -0.05) is 86.0 Å². The molecule has 212 valence electrons. The van der Waals surface area contributed by atoms with Crippen molar-refractivity contribution in [2.24, 2.45) is 4.99 Å². The fraction of sp³-hybridized carbons (Fsp3) is 0.281. The summed E-state index contributed by atoms with van der Waals surface area (Å²) in [5.41, 5.74) is 3.58. The lowest BCUT2D eigenvalue weighted by Crippen LogP contribution is -2.40. The number of hydrogen-bond acceptors (Lipinski definition) is 6. The average Bonchev–Trinajstić information content (AvgIpc) is 3.54. The van der Waals surface area contributed by atoms with E-state index in [0.29, 0.717) is 54.5 Å². The van der Waals surface area contributed by atoms with E-state index in [1.807, 2.05) is 43.3 Å². The Morgan fingerprint density at radius 3 is 2.51 bits per heavy atom. The van der Waals surface area contributed by atoms with Gasteiger partial charge in [-0.3, -0.25) is 9.36 Å². The lowest BCUT2D eigenvalue weighted by atomic mass is 9.92. The van der Waals surface area contributed by atoms with Crippen LogP contribution in [-0.2, 0) is 9.53 Å². The molecule has 0 unspecified atom stereocenters. The quantitative estimate of drug-likeness (QED) is 0.197. The lowest BCUT2D eigenvalue weighted by Gasteiger charge is -2.26. The van der Waals surface area contributed by atoms with Gasteiger partial charge in [-0.25, -0.2) is 9.79 Å². The number of rotatable bonds is 8. The molecule has 0 radical (unpaired) electrons. The zero-order chi connectivity index (χ0) is 29.3. The molecular weight excluding hydrogens is 579 g/mol. The Bertz CT molecular complexity index is 1810. The fourth-order valence-electron chi connectivity index (χ4n) is 4.86. The van der Waals surface area contributed by atoms with Crippen LogP contribution in [0.2, 0.25) is 10.0 Å². The second-order valence-electron chi connectivity index (χ2n) is 10.1. The number of hydrogen-bond donors (Lipinski definition) is 0. The number of ether oxygens (including phenoxy) is 1. The monoisotopic (exact) mass is 608 g/mol. The van der Waals surface area contributed by atoms with E-state index < -0.39 is 12.0 Å². The zero-order valence-corrected chi connectivity index (χ0v) is 25.6. The molecule has 0 saturated carbocycles. The highest BCUT2D eigenvalue weighted by atomic mass is 35.5. The molecule has 2 aromatic carbocycles. The fourth-order valence-corrected chi connectivity index (χ4v) is 6.16. The third-order valence-corrected chi connectivity index (χ3v) is 8.64. The molecule has 41 heavy (non-hydrogen) atoms. The minimum Gasteiger partial charge on any atom is -0.463 e. The third-order valence-electron chi connectivity index (χ3n) is 6.92. The van der Waals surface area contributed by atoms with Crippen LogP contribution in [0.1, 0.15) is 69.4 Å². The Morgan fingerprint density at radius 1 is 1.10 bits per heavy atom. The summed E-state index contributed by atoms with van der Waals surface area (Å²) >= 11 is 13.5. The van der Waals surface area contributed by atoms with E-state index in [4.69, 9.17) is 37.3 Å². The average molecular weight is 610 g/mol. The van der Waals surface area contributed by atoms with Crippen LogP contribution in [0, 0.1) is 0 Å². The minimum absolute atomic E-state index is 0.227. The SMILES string of the molecule is CCCC1=C(C(=O)OCC)[C@@H](c2ccc(C(C)C)cc2)n2c(s/c(=C\c3ccc(-c4ccc(Cl)c(Cl)c4)o3)c2=O)=N1. The predicted molar refractivity (Wildman–Crippen MR) is 164 cm³/mol. The van der Waals surface area contributed by atoms with E-state index in [0.717, 1.165) is 17.5 Å². The van der Waals surface area contributed by atoms with Crippen molar-refractivity contribution in [1.29, 1.82) is 0 Å². The number of carbonyl (C=O) groups is 1. The van der Waals surface area contributed by atoms with Gasteiger partial charge in [0.2, 0.25) is 0 Å². The normalized spacial score (nSPS) is 15.3. The van der Waals surface area contributed by atoms with Crippen LogP contribution < -0.4 is 14.9 Å². The van der Waals surface area contributed by atoms with Gasteiger partial charge in [0.25, 0.3) is 5.56 Å². The second kappa shape index (κ2) is 12.2. The van der Waals surface area contributed by atoms with Crippen molar-refractivity contribution in [2.75, 3.05) is 6.61 Å². The largest absolute Gasteiger partial charge is 0.463 e. The summed E-state index contributed by atoms with van der Waals surface area (Å²) in [6, 6.07) is 16.3. The van der Waals surface area contributed by atoms with E-state index >= 15 is 0 Å². The highest BCUT2D eigenvalue weighted by Crippen LogP contribution is 2.33. The Hall–Kier alpha value is -3.39. The number of aromatic nitrogens is 1. The predicted octanol–water partition coefficient (Wildman–Crippen LogP) is 7.27. The molecule has 0 fully saturated rings. The maximum absolute atomic E-state index is 14.0. The number of esters is 1. The van der Waals surface area contributed by atoms with Gasteiger partial charge in [0, 0.05) is 11.6 Å². The van der Waals surface area contributed by atoms with E-state index in [-0.39, 0.29) is 12.2 Å². The molecule has 0 saturated heterocycles. The van der Waals surface area contributed by atoms with Crippen LogP contribution in [0.3, 0.4) is 0 Å². The lowest BCUT2D eigenvalue weighted by molar-refractivity contribution is -0.139. The number of halogens is 2. The summed E-state index contributed by atoms with van der Waals surface area (Å²) in [6.45, 7) is 8.29. The maximum atomic E-state index is 14.0. The molecule has 3 heterocycles. The highest BCUT2D eigenvalue weighted by molar-refractivity contribution is 7.07. The minimum atomic E-state index is -0.654. The molecule has 1 atom stereocenters. The Kier molecular flexibility index (Phi) is 8.68. The van der Waals surface area contributed by atoms with Gasteiger partial charge in [-0.05, 0) is 60.7 Å². The van der Waals surface area contributed by atoms with Crippen LogP contribution in [0.25, 0.3) is 17.4 Å². The highest BCUT2D eigenvalue weighted by Gasteiger charge is 2.34. The molecule has 4 aromatic rings. The van der Waals surface area contributed by atoms with Crippen molar-refractivity contribution in [1.82, 2.24) is 4.57 Å². The first-order chi connectivity index (χ1) is 19.7. The zero-order valence-electron chi connectivity index (χ0n) is 23.2. The topological polar surface area (TPSA) is 73.8 Å². The number of benzene rings is 2. The summed E-state index contributed by atoms with van der Waals surface area (Å²) in [6.07, 6.45) is 3.08. The molecule has 5 rings (SSSR count). The third kappa shape index (κ3) is 5.85. The molecule has 0 N–H and O–H groups in total. The second-order valence-corrected chi connectivity index (χ2v) is 11.9. The van der Waals surface area contributed by atoms with Crippen molar-refractivity contribution < 1.29 is 13.9 Å². The summed E-state index contributed by atoms with van der Waals surface area (Å²) in [7, 11) is 0. The number of carbonyl (C=O) groups excluding carboxylic acids is 1. The maximum Gasteiger partial charge on any atom is 0.338 e. The Balaban J connectivity index is 1.66. The molecule has 2 aromatic heterocycles. The van der Waals surface area contributed by atoms with Crippen molar-refractivity contribution in [3.8, 4) is 11.3 Å². The van der Waals surface area contributed by atoms with Gasteiger partial charge in [-0.2, -0.15) is 0 Å². The molecule has 0 aliphatic carbocycles. The summed E-state index contributed by atoms with van der Waals surface area (Å²) < 4.78 is 13.6. The van der Waals surface area contributed by atoms with Crippen molar-refractivity contribution in [3.05, 3.63) is 112 Å². The Labute approximate surface area is 252 Å². The number of allylic oxidation sites excluding steroid dienone is 1. The standard InChI is InChI=1S/C32H30Cl2N2O4S/c1-5-7-25-28(31(38)39-6-2)29(20-10-8-19(9-11-20)18(3)4)36-30(37)27(41-32(36)35-25)17-22-13-15-26(40-22)21-12-14-23(33)24(34)16-21/h8-18,29H,5-7H2,1-4H3/b27-17-/t29-/m1/s1. The first-order valence-corrected chi connectivity index (χ1v) is 15.2. The van der Waals surface area contributed by atoms with Crippen molar-refractivity contribution in [3.63, 3.8) is 0 Å². The molecule has 9 heteroatoms. The molecule has 0 spiro atoms. The summed E-state index contributed by atoms with van der Waals surface area (Å²) in [4.78, 5) is 32.7. The number of thiazole rings is 1. The van der Waals surface area contributed by atoms with Crippen LogP contribution in [0.15, 0.2) is 80.1 Å². The van der Waals surface area contributed by atoms with Crippen molar-refractivity contribution in [2.45, 2.75) is 52.5 Å². The van der Waals surface area contributed by atoms with E-state index in [1.54, 1.807) is 35.8 Å². The van der Waals surface area contributed by atoms with Crippen LogP contribution in [0.4, 0.5) is 0 Å². The van der Waals surface area contributed by atoms with E-state index in [2.05, 4.69) is 13.8 Å². The first-order valence-electron chi connectivity index (χ1n) is 13.6. The van der Waals surface area contributed by atoms with Gasteiger partial charge in [-0.15, -0.1) is 0 Å².